The molecule has 0 amide bonds. The van der Waals surface area contributed by atoms with E-state index in [1.807, 2.05) is 0 Å². The molecule has 0 aliphatic rings. The van der Waals surface area contributed by atoms with Gasteiger partial charge in [-0.1, -0.05) is 65.2 Å². The minimum absolute atomic E-state index is 0. The van der Waals surface area contributed by atoms with Crippen LogP contribution in [0.1, 0.15) is 117 Å². The molecule has 0 N–H and O–H groups in total. The van der Waals surface area contributed by atoms with Gasteiger partial charge in [0.25, 0.3) is 0 Å². The second kappa shape index (κ2) is 26.2. The fraction of sp³-hybridized carbons (Fsp3) is 1.00. The van der Waals surface area contributed by atoms with Crippen LogP contribution in [-0.2, 0) is 9.47 Å². The summed E-state index contributed by atoms with van der Waals surface area (Å²) < 4.78 is 14.4. The Morgan fingerprint density at radius 2 is 0.865 bits per heavy atom. The Labute approximate surface area is 268 Å². The number of nitrogens with zero attached hydrogens (tertiary/aromatic N) is 2. The molecule has 0 atom stereocenters. The van der Waals surface area contributed by atoms with Crippen LogP contribution in [0.3, 0.4) is 0 Å². The zero-order chi connectivity index (χ0) is 26.5. The van der Waals surface area contributed by atoms with Crippen molar-refractivity contribution >= 4 is 0 Å². The van der Waals surface area contributed by atoms with Crippen LogP contribution in [0.25, 0.3) is 0 Å². The molecule has 0 spiro atoms. The first-order valence-electron chi connectivity index (χ1n) is 15.3. The lowest BCUT2D eigenvalue weighted by Gasteiger charge is -2.36. The van der Waals surface area contributed by atoms with E-state index >= 15 is 0 Å². The maximum atomic E-state index is 6.46. The van der Waals surface area contributed by atoms with Gasteiger partial charge in [0.1, 0.15) is 0 Å². The van der Waals surface area contributed by atoms with Gasteiger partial charge in [0.05, 0.1) is 62.0 Å². The van der Waals surface area contributed by atoms with Gasteiger partial charge in [0, 0.05) is 19.8 Å². The fourth-order valence-corrected chi connectivity index (χ4v) is 4.95. The van der Waals surface area contributed by atoms with Crippen molar-refractivity contribution in [2.24, 2.45) is 5.41 Å². The van der Waals surface area contributed by atoms with E-state index in [2.05, 4.69) is 56.1 Å². The van der Waals surface area contributed by atoms with Gasteiger partial charge >= 0.3 is 0 Å². The predicted molar refractivity (Wildman–Crippen MR) is 155 cm³/mol. The normalized spacial score (nSPS) is 12.3. The van der Waals surface area contributed by atoms with Crippen molar-refractivity contribution in [2.75, 3.05) is 81.8 Å². The van der Waals surface area contributed by atoms with Crippen molar-refractivity contribution in [1.29, 1.82) is 0 Å². The third-order valence-electron chi connectivity index (χ3n) is 7.26. The smallest absolute Gasteiger partial charge is 0.0780 e. The summed E-state index contributed by atoms with van der Waals surface area (Å²) >= 11 is 0. The average Bonchev–Trinajstić information content (AvgIpc) is 2.75. The van der Waals surface area contributed by atoms with Crippen molar-refractivity contribution in [2.45, 2.75) is 117 Å². The van der Waals surface area contributed by atoms with E-state index in [1.165, 1.54) is 116 Å². The van der Waals surface area contributed by atoms with E-state index in [0.29, 0.717) is 5.41 Å². The molecule has 0 aromatic heterocycles. The molecule has 0 heterocycles. The molecular formula is C31H68I2N2O2. The molecule has 0 aromatic rings. The van der Waals surface area contributed by atoms with Crippen molar-refractivity contribution < 1.29 is 66.4 Å². The molecule has 0 saturated carbocycles. The summed E-state index contributed by atoms with van der Waals surface area (Å²) in [6.07, 6.45) is 20.8. The molecule has 0 aromatic carbocycles. The lowest BCUT2D eigenvalue weighted by atomic mass is 9.75. The van der Waals surface area contributed by atoms with Gasteiger partial charge in [-0.2, -0.15) is 0 Å². The molecule has 0 rings (SSSR count). The Balaban J connectivity index is -0.00000578. The number of quaternary nitrogens is 2. The fourth-order valence-electron chi connectivity index (χ4n) is 4.95. The summed E-state index contributed by atoms with van der Waals surface area (Å²) in [6.45, 7) is 10.8. The maximum Gasteiger partial charge on any atom is 0.0780 e. The third-order valence-corrected chi connectivity index (χ3v) is 7.26. The number of rotatable bonds is 26. The number of hydrogen-bond donors (Lipinski definition) is 0. The Bertz CT molecular complexity index is 423. The van der Waals surface area contributed by atoms with Crippen LogP contribution in [-0.4, -0.2) is 90.8 Å². The van der Waals surface area contributed by atoms with Crippen LogP contribution in [0.5, 0.6) is 0 Å². The molecule has 0 aliphatic carbocycles. The summed E-state index contributed by atoms with van der Waals surface area (Å²) in [6, 6.07) is 0. The molecule has 0 aliphatic heterocycles. The maximum absolute atomic E-state index is 6.46. The highest BCUT2D eigenvalue weighted by atomic mass is 127. The van der Waals surface area contributed by atoms with Crippen LogP contribution in [0.4, 0.5) is 0 Å². The van der Waals surface area contributed by atoms with Gasteiger partial charge in [0.2, 0.25) is 0 Å². The van der Waals surface area contributed by atoms with Gasteiger partial charge in [0.15, 0.2) is 0 Å². The van der Waals surface area contributed by atoms with Crippen molar-refractivity contribution in [1.82, 2.24) is 0 Å². The minimum atomic E-state index is 0. The summed E-state index contributed by atoms with van der Waals surface area (Å²) in [5.74, 6) is 0. The van der Waals surface area contributed by atoms with E-state index in [4.69, 9.17) is 9.47 Å². The summed E-state index contributed by atoms with van der Waals surface area (Å²) in [5.41, 5.74) is 0.343. The molecule has 0 radical (unpaired) electrons. The highest BCUT2D eigenvalue weighted by Crippen LogP contribution is 2.37. The highest BCUT2D eigenvalue weighted by Gasteiger charge is 2.31. The van der Waals surface area contributed by atoms with E-state index in [0.717, 1.165) is 35.4 Å². The summed E-state index contributed by atoms with van der Waals surface area (Å²) in [4.78, 5) is 0. The van der Waals surface area contributed by atoms with Gasteiger partial charge in [-0.15, -0.1) is 0 Å². The standard InChI is InChI=1S/C31H68N2O2.2HI/c1-9-11-13-14-15-18-29-35-30-31(23-20-25-32(3,4)5,24-21-26-33(6,7)8)22-17-16-19-28-34-27-12-10-2;;/h9-30H2,1-8H3;2*1H/q+2;;/p-2. The molecule has 0 fully saturated rings. The van der Waals surface area contributed by atoms with Gasteiger partial charge in [-0.3, -0.25) is 0 Å². The molecule has 228 valence electrons. The van der Waals surface area contributed by atoms with Gasteiger partial charge in [-0.05, 0) is 56.8 Å². The van der Waals surface area contributed by atoms with E-state index in [-0.39, 0.29) is 48.0 Å². The van der Waals surface area contributed by atoms with E-state index in [1.54, 1.807) is 0 Å². The minimum Gasteiger partial charge on any atom is -1.00 e. The van der Waals surface area contributed by atoms with Crippen LogP contribution in [0.15, 0.2) is 0 Å². The van der Waals surface area contributed by atoms with Crippen molar-refractivity contribution in [3.05, 3.63) is 0 Å². The first-order valence-corrected chi connectivity index (χ1v) is 15.3. The van der Waals surface area contributed by atoms with Crippen LogP contribution in [0.2, 0.25) is 0 Å². The second-order valence-electron chi connectivity index (χ2n) is 13.3. The lowest BCUT2D eigenvalue weighted by Crippen LogP contribution is -3.00. The number of unbranched alkanes of at least 4 members (excludes halogenated alkanes) is 8. The monoisotopic (exact) mass is 754 g/mol. The van der Waals surface area contributed by atoms with Crippen LogP contribution >= 0.6 is 0 Å². The van der Waals surface area contributed by atoms with E-state index in [9.17, 15) is 0 Å². The zero-order valence-electron chi connectivity index (χ0n) is 26.5. The molecule has 4 nitrogen and oxygen atoms in total. The molecule has 6 heteroatoms. The number of halogens is 2. The van der Waals surface area contributed by atoms with Gasteiger partial charge in [-0.25, -0.2) is 0 Å². The Morgan fingerprint density at radius 3 is 1.38 bits per heavy atom. The van der Waals surface area contributed by atoms with Crippen molar-refractivity contribution in [3.63, 3.8) is 0 Å². The molecule has 0 bridgehead atoms. The summed E-state index contributed by atoms with van der Waals surface area (Å²) in [5, 5.41) is 0. The van der Waals surface area contributed by atoms with Gasteiger partial charge < -0.3 is 66.4 Å². The first-order chi connectivity index (χ1) is 16.5. The first kappa shape index (κ1) is 42.8. The SMILES string of the molecule is CCCCCCCCOCC(CCCCCOCCCC)(CCC[N+](C)(C)C)CCC[N+](C)(C)C.[I-].[I-]. The Morgan fingerprint density at radius 1 is 0.459 bits per heavy atom. The largest absolute Gasteiger partial charge is 1.00 e. The molecule has 37 heavy (non-hydrogen) atoms. The zero-order valence-corrected chi connectivity index (χ0v) is 30.8. The Hall–Kier alpha value is 1.30. The molecular weight excluding hydrogens is 686 g/mol. The number of hydrogen-bond acceptors (Lipinski definition) is 2. The third kappa shape index (κ3) is 30.1. The van der Waals surface area contributed by atoms with Crippen LogP contribution in [0, 0.1) is 5.41 Å². The number of ether oxygens (including phenoxy) is 2. The quantitative estimate of drug-likeness (QED) is 0.0762. The second-order valence-corrected chi connectivity index (χ2v) is 13.3. The lowest BCUT2D eigenvalue weighted by molar-refractivity contribution is -0.871. The predicted octanol–water partition coefficient (Wildman–Crippen LogP) is 1.71. The average molecular weight is 755 g/mol. The highest BCUT2D eigenvalue weighted by molar-refractivity contribution is 4.80. The van der Waals surface area contributed by atoms with Crippen molar-refractivity contribution in [3.8, 4) is 0 Å². The van der Waals surface area contributed by atoms with Crippen LogP contribution < -0.4 is 48.0 Å². The molecule has 0 unspecified atom stereocenters. The summed E-state index contributed by atoms with van der Waals surface area (Å²) in [7, 11) is 14.0. The molecule has 0 saturated heterocycles. The van der Waals surface area contributed by atoms with E-state index < -0.39 is 0 Å². The Kier molecular flexibility index (Phi) is 30.3. The topological polar surface area (TPSA) is 18.5 Å².